The summed E-state index contributed by atoms with van der Waals surface area (Å²) in [6.07, 6.45) is -2.31. The van der Waals surface area contributed by atoms with Gasteiger partial charge in [0.05, 0.1) is 12.7 Å². The van der Waals surface area contributed by atoms with Crippen molar-refractivity contribution in [3.63, 3.8) is 0 Å². The number of alkyl halides is 3. The second kappa shape index (κ2) is 8.79. The Hall–Kier alpha value is -3.19. The van der Waals surface area contributed by atoms with E-state index in [-0.39, 0.29) is 30.3 Å². The van der Waals surface area contributed by atoms with Crippen molar-refractivity contribution in [1.82, 2.24) is 30.5 Å². The lowest BCUT2D eigenvalue weighted by Crippen LogP contribution is -2.61. The number of hydrogen-bond donors (Lipinski definition) is 3. The summed E-state index contributed by atoms with van der Waals surface area (Å²) in [5.41, 5.74) is 4.07. The maximum Gasteiger partial charge on any atom is 0.471 e. The SMILES string of the molecule is CC(C)(C)[C@H](NC(=O)C(F)(F)F)C(=O)N1C[C@H]2[C@H]([C@H]1C(=O)N[C@@H](Cn1ccnn1)C(N)=O)C2(C)C. The summed E-state index contributed by atoms with van der Waals surface area (Å²) in [7, 11) is 0. The lowest BCUT2D eigenvalue weighted by Gasteiger charge is -2.38. The molecule has 1 aliphatic carbocycles. The molecular formula is C21H30F3N7O4. The molecule has 35 heavy (non-hydrogen) atoms. The van der Waals surface area contributed by atoms with Gasteiger partial charge < -0.3 is 21.3 Å². The molecule has 2 heterocycles. The fraction of sp³-hybridized carbons (Fsp3) is 0.714. The van der Waals surface area contributed by atoms with E-state index in [0.717, 1.165) is 0 Å². The number of aromatic nitrogens is 3. The van der Waals surface area contributed by atoms with Crippen LogP contribution in [0.2, 0.25) is 0 Å². The molecular weight excluding hydrogens is 471 g/mol. The van der Waals surface area contributed by atoms with Crippen molar-refractivity contribution in [2.45, 2.75) is 65.5 Å². The van der Waals surface area contributed by atoms with E-state index < -0.39 is 53.3 Å². The summed E-state index contributed by atoms with van der Waals surface area (Å²) in [4.78, 5) is 51.7. The van der Waals surface area contributed by atoms with Crippen molar-refractivity contribution < 1.29 is 32.3 Å². The normalized spacial score (nSPS) is 24.8. The topological polar surface area (TPSA) is 152 Å². The minimum atomic E-state index is -5.17. The molecule has 1 saturated carbocycles. The van der Waals surface area contributed by atoms with Crippen LogP contribution in [-0.4, -0.2) is 74.4 Å². The van der Waals surface area contributed by atoms with Crippen molar-refractivity contribution in [2.24, 2.45) is 28.4 Å². The molecule has 1 aromatic heterocycles. The highest BCUT2D eigenvalue weighted by Crippen LogP contribution is 2.65. The quantitative estimate of drug-likeness (QED) is 0.472. The van der Waals surface area contributed by atoms with E-state index in [1.165, 1.54) is 42.7 Å². The molecule has 3 rings (SSSR count). The van der Waals surface area contributed by atoms with Crippen LogP contribution in [0.4, 0.5) is 13.2 Å². The Labute approximate surface area is 199 Å². The summed E-state index contributed by atoms with van der Waals surface area (Å²) in [5.74, 6) is -4.87. The van der Waals surface area contributed by atoms with Crippen LogP contribution < -0.4 is 16.4 Å². The molecule has 0 unspecified atom stereocenters. The minimum Gasteiger partial charge on any atom is -0.368 e. The van der Waals surface area contributed by atoms with E-state index in [4.69, 9.17) is 5.73 Å². The van der Waals surface area contributed by atoms with E-state index in [1.54, 1.807) is 5.32 Å². The van der Waals surface area contributed by atoms with Crippen molar-refractivity contribution in [2.75, 3.05) is 6.54 Å². The molecule has 1 aromatic rings. The molecule has 11 nitrogen and oxygen atoms in total. The van der Waals surface area contributed by atoms with Crippen LogP contribution >= 0.6 is 0 Å². The summed E-state index contributed by atoms with van der Waals surface area (Å²) in [5, 5.41) is 11.7. The molecule has 0 radical (unpaired) electrons. The highest BCUT2D eigenvalue weighted by molar-refractivity contribution is 5.96. The number of fused-ring (bicyclic) bond motifs is 1. The Kier molecular flexibility index (Phi) is 6.63. The van der Waals surface area contributed by atoms with Gasteiger partial charge in [0.1, 0.15) is 18.1 Å². The molecule has 4 amide bonds. The monoisotopic (exact) mass is 501 g/mol. The molecule has 0 spiro atoms. The number of primary amides is 1. The first kappa shape index (κ1) is 26.4. The van der Waals surface area contributed by atoms with Crippen molar-refractivity contribution in [3.8, 4) is 0 Å². The number of likely N-dealkylation sites (tertiary alicyclic amines) is 1. The number of nitrogens with two attached hydrogens (primary N) is 1. The van der Waals surface area contributed by atoms with Crippen LogP contribution in [0.25, 0.3) is 0 Å². The van der Waals surface area contributed by atoms with Gasteiger partial charge in [0, 0.05) is 12.7 Å². The van der Waals surface area contributed by atoms with Gasteiger partial charge in [0.2, 0.25) is 17.7 Å². The molecule has 194 valence electrons. The number of amides is 4. The molecule has 2 fully saturated rings. The maximum atomic E-state index is 13.5. The standard InChI is InChI=1S/C21H30F3N7O4/c1-19(2,3)14(28-18(35)21(22,23)24)17(34)31-8-10-12(20(10,4)5)13(31)16(33)27-11(15(25)32)9-30-7-6-26-29-30/h6-7,10-14H,8-9H2,1-5H3,(H2,25,32)(H,27,33)(H,28,35)/t10-,11-,12+,13-,14+/m0/s1. The Balaban J connectivity index is 1.85. The summed E-state index contributed by atoms with van der Waals surface area (Å²) in [6, 6.07) is -3.74. The first-order valence-corrected chi connectivity index (χ1v) is 11.1. The largest absolute Gasteiger partial charge is 0.471 e. The van der Waals surface area contributed by atoms with Crippen molar-refractivity contribution >= 4 is 23.6 Å². The molecule has 14 heteroatoms. The second-order valence-corrected chi connectivity index (χ2v) is 10.7. The molecule has 4 N–H and O–H groups in total. The molecule has 5 atom stereocenters. The number of piperidine rings is 1. The predicted molar refractivity (Wildman–Crippen MR) is 115 cm³/mol. The zero-order chi connectivity index (χ0) is 26.5. The molecule has 1 saturated heterocycles. The lowest BCUT2D eigenvalue weighted by molar-refractivity contribution is -0.176. The molecule has 0 bridgehead atoms. The first-order chi connectivity index (χ1) is 16.0. The number of halogens is 3. The molecule has 1 aliphatic heterocycles. The smallest absolute Gasteiger partial charge is 0.368 e. The van der Waals surface area contributed by atoms with Crippen LogP contribution in [0.5, 0.6) is 0 Å². The molecule has 2 aliphatic rings. The van der Waals surface area contributed by atoms with Gasteiger partial charge in [-0.25, -0.2) is 4.68 Å². The van der Waals surface area contributed by atoms with Crippen LogP contribution in [-0.2, 0) is 25.7 Å². The van der Waals surface area contributed by atoms with Crippen molar-refractivity contribution in [1.29, 1.82) is 0 Å². The maximum absolute atomic E-state index is 13.5. The number of hydrogen-bond acceptors (Lipinski definition) is 6. The lowest BCUT2D eigenvalue weighted by atomic mass is 9.85. The minimum absolute atomic E-state index is 0.0662. The second-order valence-electron chi connectivity index (χ2n) is 10.7. The van der Waals surface area contributed by atoms with Gasteiger partial charge >= 0.3 is 12.1 Å². The first-order valence-electron chi connectivity index (χ1n) is 11.1. The number of nitrogens with one attached hydrogen (secondary N) is 2. The summed E-state index contributed by atoms with van der Waals surface area (Å²) in [6.45, 7) is 8.45. The van der Waals surface area contributed by atoms with Crippen LogP contribution in [0.3, 0.4) is 0 Å². The molecule has 0 aromatic carbocycles. The number of carbonyl (C=O) groups is 4. The van der Waals surface area contributed by atoms with Crippen LogP contribution in [0.1, 0.15) is 34.6 Å². The predicted octanol–water partition coefficient (Wildman–Crippen LogP) is -0.176. The number of nitrogens with zero attached hydrogens (tertiary/aromatic N) is 4. The van der Waals surface area contributed by atoms with E-state index >= 15 is 0 Å². The average Bonchev–Trinajstić information content (AvgIpc) is 3.16. The van der Waals surface area contributed by atoms with Gasteiger partial charge in [-0.2, -0.15) is 13.2 Å². The zero-order valence-electron chi connectivity index (χ0n) is 20.1. The van der Waals surface area contributed by atoms with Gasteiger partial charge in [-0.15, -0.1) is 5.10 Å². The van der Waals surface area contributed by atoms with E-state index in [2.05, 4.69) is 15.6 Å². The third kappa shape index (κ3) is 5.25. The van der Waals surface area contributed by atoms with Crippen LogP contribution in [0.15, 0.2) is 12.4 Å². The third-order valence-corrected chi connectivity index (χ3v) is 6.91. The summed E-state index contributed by atoms with van der Waals surface area (Å²) >= 11 is 0. The fourth-order valence-corrected chi connectivity index (χ4v) is 4.82. The number of rotatable bonds is 7. The van der Waals surface area contributed by atoms with Gasteiger partial charge in [-0.05, 0) is 22.7 Å². The zero-order valence-corrected chi connectivity index (χ0v) is 20.1. The highest BCUT2D eigenvalue weighted by Gasteiger charge is 2.70. The van der Waals surface area contributed by atoms with Gasteiger partial charge in [-0.3, -0.25) is 19.2 Å². The van der Waals surface area contributed by atoms with E-state index in [1.807, 2.05) is 13.8 Å². The van der Waals surface area contributed by atoms with Gasteiger partial charge in [0.25, 0.3) is 0 Å². The fourth-order valence-electron chi connectivity index (χ4n) is 4.82. The van der Waals surface area contributed by atoms with Crippen molar-refractivity contribution in [3.05, 3.63) is 12.4 Å². The van der Waals surface area contributed by atoms with Gasteiger partial charge in [0.15, 0.2) is 0 Å². The average molecular weight is 502 g/mol. The highest BCUT2D eigenvalue weighted by atomic mass is 19.4. The number of carbonyl (C=O) groups excluding carboxylic acids is 4. The Morgan fingerprint density at radius 3 is 2.29 bits per heavy atom. The third-order valence-electron chi connectivity index (χ3n) is 6.91. The van der Waals surface area contributed by atoms with E-state index in [9.17, 15) is 32.3 Å². The Bertz CT molecular complexity index is 1000. The van der Waals surface area contributed by atoms with E-state index in [0.29, 0.717) is 0 Å². The van der Waals surface area contributed by atoms with Crippen LogP contribution in [0, 0.1) is 22.7 Å². The van der Waals surface area contributed by atoms with Gasteiger partial charge in [-0.1, -0.05) is 39.8 Å². The Morgan fingerprint density at radius 1 is 1.17 bits per heavy atom. The Morgan fingerprint density at radius 2 is 1.80 bits per heavy atom. The summed E-state index contributed by atoms with van der Waals surface area (Å²) < 4.78 is 40.1.